The van der Waals surface area contributed by atoms with Crippen LogP contribution in [0.2, 0.25) is 0 Å². The Bertz CT molecular complexity index is 248. The molecule has 2 aliphatic rings. The number of halogens is 3. The molecule has 2 atom stereocenters. The molecular weight excluding hydrogens is 217 g/mol. The maximum atomic E-state index is 12.6. The normalized spacial score (nSPS) is 33.8. The van der Waals surface area contributed by atoms with Crippen LogP contribution in [0.1, 0.15) is 32.6 Å². The van der Waals surface area contributed by atoms with E-state index in [9.17, 15) is 13.2 Å². The fourth-order valence-electron chi connectivity index (χ4n) is 2.38. The van der Waals surface area contributed by atoms with Crippen LogP contribution in [0.25, 0.3) is 0 Å². The molecular formula is C11H19F3N2. The van der Waals surface area contributed by atoms with Crippen LogP contribution < -0.4 is 10.6 Å². The lowest BCUT2D eigenvalue weighted by Gasteiger charge is -2.30. The Hall–Kier alpha value is -0.290. The molecule has 0 aromatic carbocycles. The highest BCUT2D eigenvalue weighted by molar-refractivity contribution is 5.08. The molecule has 2 rings (SSSR count). The van der Waals surface area contributed by atoms with Gasteiger partial charge in [-0.1, -0.05) is 6.92 Å². The molecule has 1 aliphatic carbocycles. The van der Waals surface area contributed by atoms with E-state index in [4.69, 9.17) is 0 Å². The molecule has 0 radical (unpaired) electrons. The van der Waals surface area contributed by atoms with Gasteiger partial charge in [0.15, 0.2) is 0 Å². The van der Waals surface area contributed by atoms with E-state index in [2.05, 4.69) is 17.6 Å². The summed E-state index contributed by atoms with van der Waals surface area (Å²) in [6.45, 7) is 3.51. The molecule has 0 aromatic heterocycles. The number of hydrogen-bond donors (Lipinski definition) is 2. The summed E-state index contributed by atoms with van der Waals surface area (Å²) in [4.78, 5) is 0. The number of rotatable bonds is 3. The first-order valence-electron chi connectivity index (χ1n) is 5.98. The number of alkyl halides is 3. The lowest BCUT2D eigenvalue weighted by molar-refractivity contribution is -0.166. The van der Waals surface area contributed by atoms with Crippen LogP contribution in [0.15, 0.2) is 0 Å². The topological polar surface area (TPSA) is 24.1 Å². The van der Waals surface area contributed by atoms with Gasteiger partial charge in [0, 0.05) is 12.6 Å². The van der Waals surface area contributed by atoms with Crippen LogP contribution in [0, 0.1) is 5.92 Å². The molecule has 0 spiro atoms. The highest BCUT2D eigenvalue weighted by atomic mass is 19.4. The zero-order chi connectivity index (χ0) is 11.8. The van der Waals surface area contributed by atoms with Gasteiger partial charge in [0.25, 0.3) is 0 Å². The molecule has 94 valence electrons. The Morgan fingerprint density at radius 1 is 1.38 bits per heavy atom. The van der Waals surface area contributed by atoms with E-state index >= 15 is 0 Å². The standard InChI is InChI=1S/C11H19F3N2/c1-8-2-5-15-9(6-8)7-16-10(3-4-10)11(12,13)14/h8-9,15-16H,2-7H2,1H3. The molecule has 5 heteroatoms. The van der Waals surface area contributed by atoms with Crippen molar-refractivity contribution in [3.8, 4) is 0 Å². The summed E-state index contributed by atoms with van der Waals surface area (Å²) in [5.41, 5.74) is -1.56. The SMILES string of the molecule is CC1CCNC(CNC2(C(F)(F)F)CC2)C1. The summed E-state index contributed by atoms with van der Waals surface area (Å²) in [6.07, 6.45) is -1.52. The minimum Gasteiger partial charge on any atom is -0.313 e. The number of piperidine rings is 1. The van der Waals surface area contributed by atoms with E-state index in [1.165, 1.54) is 0 Å². The lowest BCUT2D eigenvalue weighted by atomic mass is 9.94. The Kier molecular flexibility index (Phi) is 3.18. The van der Waals surface area contributed by atoms with Gasteiger partial charge in [0.1, 0.15) is 5.54 Å². The van der Waals surface area contributed by atoms with E-state index in [1.54, 1.807) is 0 Å². The quantitative estimate of drug-likeness (QED) is 0.783. The molecule has 1 aliphatic heterocycles. The van der Waals surface area contributed by atoms with Crippen molar-refractivity contribution in [2.45, 2.75) is 50.4 Å². The minimum absolute atomic E-state index is 0.198. The average Bonchev–Trinajstić information content (AvgIpc) is 2.94. The number of nitrogens with one attached hydrogen (secondary N) is 2. The third-order valence-corrected chi connectivity index (χ3v) is 3.74. The Morgan fingerprint density at radius 2 is 2.06 bits per heavy atom. The summed E-state index contributed by atoms with van der Waals surface area (Å²) in [5.74, 6) is 0.620. The molecule has 0 aromatic rings. The second kappa shape index (κ2) is 4.18. The van der Waals surface area contributed by atoms with Gasteiger partial charge in [0.05, 0.1) is 0 Å². The van der Waals surface area contributed by atoms with E-state index in [0.29, 0.717) is 12.5 Å². The largest absolute Gasteiger partial charge is 0.406 e. The molecule has 2 N–H and O–H groups in total. The first-order valence-corrected chi connectivity index (χ1v) is 5.98. The first kappa shape index (κ1) is 12.2. The summed E-state index contributed by atoms with van der Waals surface area (Å²) in [5, 5.41) is 5.98. The van der Waals surface area contributed by atoms with Gasteiger partial charge >= 0.3 is 6.18 Å². The van der Waals surface area contributed by atoms with Gasteiger partial charge < -0.3 is 10.6 Å². The summed E-state index contributed by atoms with van der Waals surface area (Å²) >= 11 is 0. The Balaban J connectivity index is 1.79. The highest BCUT2D eigenvalue weighted by Crippen LogP contribution is 2.48. The van der Waals surface area contributed by atoms with Crippen LogP contribution in [0.5, 0.6) is 0 Å². The maximum Gasteiger partial charge on any atom is 0.406 e. The zero-order valence-corrected chi connectivity index (χ0v) is 9.53. The van der Waals surface area contributed by atoms with Crippen molar-refractivity contribution < 1.29 is 13.2 Å². The van der Waals surface area contributed by atoms with Crippen LogP contribution in [0.3, 0.4) is 0 Å². The van der Waals surface area contributed by atoms with Gasteiger partial charge in [0.2, 0.25) is 0 Å². The van der Waals surface area contributed by atoms with Crippen molar-refractivity contribution in [1.82, 2.24) is 10.6 Å². The van der Waals surface area contributed by atoms with Crippen molar-refractivity contribution >= 4 is 0 Å². The van der Waals surface area contributed by atoms with Gasteiger partial charge in [-0.25, -0.2) is 0 Å². The monoisotopic (exact) mass is 236 g/mol. The van der Waals surface area contributed by atoms with E-state index in [-0.39, 0.29) is 18.9 Å². The zero-order valence-electron chi connectivity index (χ0n) is 9.53. The van der Waals surface area contributed by atoms with E-state index in [1.807, 2.05) is 0 Å². The smallest absolute Gasteiger partial charge is 0.313 e. The number of hydrogen-bond acceptors (Lipinski definition) is 2. The second-order valence-electron chi connectivity index (χ2n) is 5.24. The summed E-state index contributed by atoms with van der Waals surface area (Å²) in [7, 11) is 0. The van der Waals surface area contributed by atoms with Crippen LogP contribution in [-0.2, 0) is 0 Å². The van der Waals surface area contributed by atoms with Gasteiger partial charge in [-0.2, -0.15) is 13.2 Å². The van der Waals surface area contributed by atoms with Crippen molar-refractivity contribution in [2.75, 3.05) is 13.1 Å². The van der Waals surface area contributed by atoms with Crippen molar-refractivity contribution in [2.24, 2.45) is 5.92 Å². The molecule has 16 heavy (non-hydrogen) atoms. The van der Waals surface area contributed by atoms with Crippen molar-refractivity contribution in [1.29, 1.82) is 0 Å². The van der Waals surface area contributed by atoms with Crippen LogP contribution >= 0.6 is 0 Å². The molecule has 2 unspecified atom stereocenters. The Morgan fingerprint density at radius 3 is 2.56 bits per heavy atom. The van der Waals surface area contributed by atoms with Gasteiger partial charge in [-0.3, -0.25) is 0 Å². The summed E-state index contributed by atoms with van der Waals surface area (Å²) < 4.78 is 37.9. The maximum absolute atomic E-state index is 12.6. The average molecular weight is 236 g/mol. The predicted octanol–water partition coefficient (Wildman–Crippen LogP) is 2.06. The minimum atomic E-state index is -4.09. The Labute approximate surface area is 94.0 Å². The molecule has 2 nitrogen and oxygen atoms in total. The summed E-state index contributed by atoms with van der Waals surface area (Å²) in [6, 6.07) is 0.198. The van der Waals surface area contributed by atoms with Crippen LogP contribution in [0.4, 0.5) is 13.2 Å². The van der Waals surface area contributed by atoms with Gasteiger partial charge in [-0.15, -0.1) is 0 Å². The molecule has 0 bridgehead atoms. The predicted molar refractivity (Wildman–Crippen MR) is 56.2 cm³/mol. The van der Waals surface area contributed by atoms with Crippen LogP contribution in [-0.4, -0.2) is 30.8 Å². The van der Waals surface area contributed by atoms with Crippen molar-refractivity contribution in [3.05, 3.63) is 0 Å². The van der Waals surface area contributed by atoms with E-state index in [0.717, 1.165) is 19.4 Å². The third-order valence-electron chi connectivity index (χ3n) is 3.74. The molecule has 0 amide bonds. The van der Waals surface area contributed by atoms with Crippen molar-refractivity contribution in [3.63, 3.8) is 0 Å². The fraction of sp³-hybridized carbons (Fsp3) is 1.00. The van der Waals surface area contributed by atoms with Gasteiger partial charge in [-0.05, 0) is 38.1 Å². The lowest BCUT2D eigenvalue weighted by Crippen LogP contribution is -2.52. The first-order chi connectivity index (χ1) is 7.43. The molecule has 1 heterocycles. The second-order valence-corrected chi connectivity index (χ2v) is 5.24. The molecule has 1 saturated carbocycles. The molecule has 2 fully saturated rings. The fourth-order valence-corrected chi connectivity index (χ4v) is 2.38. The highest BCUT2D eigenvalue weighted by Gasteiger charge is 2.63. The molecule has 1 saturated heterocycles. The third kappa shape index (κ3) is 2.51. The van der Waals surface area contributed by atoms with E-state index < -0.39 is 11.7 Å².